The lowest BCUT2D eigenvalue weighted by atomic mass is 10.3. The Bertz CT molecular complexity index is 687. The molecule has 20 heavy (non-hydrogen) atoms. The number of nitrogens with zero attached hydrogens (tertiary/aromatic N) is 1. The minimum absolute atomic E-state index is 0.0895. The van der Waals surface area contributed by atoms with Crippen molar-refractivity contribution in [1.82, 2.24) is 9.71 Å². The van der Waals surface area contributed by atoms with Crippen molar-refractivity contribution in [3.63, 3.8) is 0 Å². The van der Waals surface area contributed by atoms with Gasteiger partial charge < -0.3 is 5.73 Å². The number of nitrogens with two attached hydrogens (primary N) is 1. The third kappa shape index (κ3) is 3.29. The van der Waals surface area contributed by atoms with Crippen LogP contribution in [0.1, 0.15) is 24.4 Å². The van der Waals surface area contributed by atoms with E-state index in [-0.39, 0.29) is 16.0 Å². The predicted octanol–water partition coefficient (Wildman–Crippen LogP) is 2.81. The van der Waals surface area contributed by atoms with Gasteiger partial charge in [-0.25, -0.2) is 18.1 Å². The SMILES string of the molecule is CCC(NS(=O)(=O)c1ccc(N)c(Cl)c1)c1nccs1. The molecule has 0 saturated carbocycles. The van der Waals surface area contributed by atoms with Crippen LogP contribution in [0.25, 0.3) is 0 Å². The Morgan fingerprint density at radius 3 is 2.80 bits per heavy atom. The molecule has 0 aliphatic heterocycles. The lowest BCUT2D eigenvalue weighted by molar-refractivity contribution is 0.549. The number of nitrogen functional groups attached to an aromatic ring is 1. The third-order valence-corrected chi connectivity index (χ3v) is 5.42. The van der Waals surface area contributed by atoms with Crippen LogP contribution in [0, 0.1) is 0 Å². The molecule has 0 aliphatic rings. The summed E-state index contributed by atoms with van der Waals surface area (Å²) in [5.41, 5.74) is 5.93. The largest absolute Gasteiger partial charge is 0.398 e. The molecule has 108 valence electrons. The molecule has 0 saturated heterocycles. The quantitative estimate of drug-likeness (QED) is 0.825. The Kier molecular flexibility index (Phi) is 4.64. The number of halogens is 1. The second-order valence-electron chi connectivity index (χ2n) is 4.14. The van der Waals surface area contributed by atoms with Crippen LogP contribution in [0.2, 0.25) is 5.02 Å². The van der Waals surface area contributed by atoms with Crippen molar-refractivity contribution in [2.75, 3.05) is 5.73 Å². The summed E-state index contributed by atoms with van der Waals surface area (Å²) in [6, 6.07) is 3.89. The number of anilines is 1. The molecule has 1 atom stereocenters. The zero-order valence-corrected chi connectivity index (χ0v) is 13.1. The Balaban J connectivity index is 2.28. The predicted molar refractivity (Wildman–Crippen MR) is 81.3 cm³/mol. The summed E-state index contributed by atoms with van der Waals surface area (Å²) in [6.45, 7) is 1.89. The highest BCUT2D eigenvalue weighted by Gasteiger charge is 2.22. The Morgan fingerprint density at radius 1 is 1.50 bits per heavy atom. The molecule has 0 aliphatic carbocycles. The first-order valence-corrected chi connectivity index (χ1v) is 8.65. The summed E-state index contributed by atoms with van der Waals surface area (Å²) < 4.78 is 27.3. The molecule has 1 unspecified atom stereocenters. The van der Waals surface area contributed by atoms with Gasteiger partial charge in [0.15, 0.2) is 0 Å². The molecule has 8 heteroatoms. The molecular weight excluding hydrogens is 318 g/mol. The number of sulfonamides is 1. The molecule has 3 N–H and O–H groups in total. The number of thiazole rings is 1. The number of benzene rings is 1. The molecule has 2 rings (SSSR count). The highest BCUT2D eigenvalue weighted by atomic mass is 35.5. The van der Waals surface area contributed by atoms with Gasteiger partial charge in [0.05, 0.1) is 21.6 Å². The van der Waals surface area contributed by atoms with Crippen molar-refractivity contribution < 1.29 is 8.42 Å². The summed E-state index contributed by atoms with van der Waals surface area (Å²) in [5.74, 6) is 0. The monoisotopic (exact) mass is 331 g/mol. The highest BCUT2D eigenvalue weighted by molar-refractivity contribution is 7.89. The Hall–Kier alpha value is -1.15. The lowest BCUT2D eigenvalue weighted by Gasteiger charge is -2.15. The van der Waals surface area contributed by atoms with E-state index in [4.69, 9.17) is 17.3 Å². The fourth-order valence-corrected chi connectivity index (χ4v) is 4.05. The first-order chi connectivity index (χ1) is 9.44. The summed E-state index contributed by atoms with van der Waals surface area (Å²) in [4.78, 5) is 4.23. The molecule has 1 aromatic carbocycles. The minimum atomic E-state index is -3.66. The number of hydrogen-bond acceptors (Lipinski definition) is 5. The lowest BCUT2D eigenvalue weighted by Crippen LogP contribution is -2.28. The maximum Gasteiger partial charge on any atom is 0.241 e. The van der Waals surface area contributed by atoms with Crippen LogP contribution in [0.15, 0.2) is 34.7 Å². The fraction of sp³-hybridized carbons (Fsp3) is 0.250. The molecule has 1 aromatic heterocycles. The number of hydrogen-bond donors (Lipinski definition) is 2. The van der Waals surface area contributed by atoms with Gasteiger partial charge in [-0.15, -0.1) is 11.3 Å². The van der Waals surface area contributed by atoms with E-state index >= 15 is 0 Å². The van der Waals surface area contributed by atoms with Gasteiger partial charge in [-0.3, -0.25) is 0 Å². The van der Waals surface area contributed by atoms with Gasteiger partial charge in [0.25, 0.3) is 0 Å². The van der Waals surface area contributed by atoms with Gasteiger partial charge in [0, 0.05) is 11.6 Å². The van der Waals surface area contributed by atoms with Crippen LogP contribution >= 0.6 is 22.9 Å². The maximum atomic E-state index is 12.3. The molecule has 0 bridgehead atoms. The smallest absolute Gasteiger partial charge is 0.241 e. The van der Waals surface area contributed by atoms with E-state index in [0.29, 0.717) is 12.1 Å². The van der Waals surface area contributed by atoms with Crippen molar-refractivity contribution in [2.24, 2.45) is 0 Å². The Morgan fingerprint density at radius 2 is 2.25 bits per heavy atom. The second-order valence-corrected chi connectivity index (χ2v) is 7.18. The average molecular weight is 332 g/mol. The van der Waals surface area contributed by atoms with Crippen LogP contribution in [-0.2, 0) is 10.0 Å². The topological polar surface area (TPSA) is 85.1 Å². The highest BCUT2D eigenvalue weighted by Crippen LogP contribution is 2.25. The maximum absolute atomic E-state index is 12.3. The summed E-state index contributed by atoms with van der Waals surface area (Å²) in [5, 5.41) is 2.76. The number of aromatic nitrogens is 1. The van der Waals surface area contributed by atoms with Crippen molar-refractivity contribution in [3.8, 4) is 0 Å². The molecule has 2 aromatic rings. The van der Waals surface area contributed by atoms with Crippen molar-refractivity contribution in [2.45, 2.75) is 24.3 Å². The Labute approximate surface area is 126 Å². The van der Waals surface area contributed by atoms with Gasteiger partial charge in [-0.2, -0.15) is 0 Å². The van der Waals surface area contributed by atoms with E-state index < -0.39 is 10.0 Å². The molecule has 5 nitrogen and oxygen atoms in total. The average Bonchev–Trinajstić information content (AvgIpc) is 2.93. The molecule has 1 heterocycles. The fourth-order valence-electron chi connectivity index (χ4n) is 1.65. The zero-order valence-electron chi connectivity index (χ0n) is 10.7. The number of rotatable bonds is 5. The van der Waals surface area contributed by atoms with Crippen LogP contribution in [-0.4, -0.2) is 13.4 Å². The van der Waals surface area contributed by atoms with Crippen LogP contribution in [0.4, 0.5) is 5.69 Å². The molecule has 0 radical (unpaired) electrons. The van der Waals surface area contributed by atoms with E-state index in [9.17, 15) is 8.42 Å². The van der Waals surface area contributed by atoms with Crippen LogP contribution in [0.5, 0.6) is 0 Å². The van der Waals surface area contributed by atoms with Gasteiger partial charge in [0.2, 0.25) is 10.0 Å². The van der Waals surface area contributed by atoms with E-state index in [0.717, 1.165) is 5.01 Å². The van der Waals surface area contributed by atoms with Gasteiger partial charge >= 0.3 is 0 Å². The zero-order chi connectivity index (χ0) is 14.8. The van der Waals surface area contributed by atoms with Crippen LogP contribution in [0.3, 0.4) is 0 Å². The summed E-state index contributed by atoms with van der Waals surface area (Å²) in [6.07, 6.45) is 2.26. The number of nitrogens with one attached hydrogen (secondary N) is 1. The van der Waals surface area contributed by atoms with Crippen molar-refractivity contribution in [3.05, 3.63) is 39.8 Å². The van der Waals surface area contributed by atoms with Gasteiger partial charge in [0.1, 0.15) is 5.01 Å². The molecular formula is C12H14ClN3O2S2. The van der Waals surface area contributed by atoms with E-state index in [2.05, 4.69) is 9.71 Å². The van der Waals surface area contributed by atoms with E-state index in [1.54, 1.807) is 6.20 Å². The minimum Gasteiger partial charge on any atom is -0.398 e. The second kappa shape index (κ2) is 6.09. The van der Waals surface area contributed by atoms with Gasteiger partial charge in [-0.05, 0) is 24.6 Å². The molecule has 0 fully saturated rings. The van der Waals surface area contributed by atoms with Gasteiger partial charge in [-0.1, -0.05) is 18.5 Å². The van der Waals surface area contributed by atoms with E-state index in [1.165, 1.54) is 29.5 Å². The van der Waals surface area contributed by atoms with Crippen LogP contribution < -0.4 is 10.5 Å². The first kappa shape index (κ1) is 15.2. The van der Waals surface area contributed by atoms with E-state index in [1.807, 2.05) is 12.3 Å². The van der Waals surface area contributed by atoms with Crippen molar-refractivity contribution in [1.29, 1.82) is 0 Å². The normalized spacial score (nSPS) is 13.3. The third-order valence-electron chi connectivity index (χ3n) is 2.74. The molecule has 0 amide bonds. The summed E-state index contributed by atoms with van der Waals surface area (Å²) >= 11 is 7.28. The first-order valence-electron chi connectivity index (χ1n) is 5.90. The summed E-state index contributed by atoms with van der Waals surface area (Å²) in [7, 11) is -3.66. The standard InChI is InChI=1S/C12H14ClN3O2S2/c1-2-11(12-15-5-6-19-12)16-20(17,18)8-3-4-10(14)9(13)7-8/h3-7,11,16H,2,14H2,1H3. The molecule has 0 spiro atoms. The van der Waals surface area contributed by atoms with Crippen molar-refractivity contribution >= 4 is 38.6 Å².